The maximum atomic E-state index is 14.9. The van der Waals surface area contributed by atoms with Crippen molar-refractivity contribution in [2.24, 2.45) is 11.8 Å². The fraction of sp³-hybridized carbons (Fsp3) is 0.533. The predicted octanol–water partition coefficient (Wildman–Crippen LogP) is 8.68. The van der Waals surface area contributed by atoms with Gasteiger partial charge in [0.1, 0.15) is 11.9 Å². The zero-order valence-electron chi connectivity index (χ0n) is 20.1. The molecule has 3 aliphatic rings. The molecule has 4 heteroatoms. The maximum absolute atomic E-state index is 14.9. The van der Waals surface area contributed by atoms with Gasteiger partial charge >= 0.3 is 0 Å². The molecule has 0 aromatic heterocycles. The fourth-order valence-corrected chi connectivity index (χ4v) is 5.97. The van der Waals surface area contributed by atoms with Crippen LogP contribution in [0.5, 0.6) is 0 Å². The Morgan fingerprint density at radius 2 is 1.71 bits per heavy atom. The minimum Gasteiger partial charge on any atom is -0.368 e. The lowest BCUT2D eigenvalue weighted by molar-refractivity contribution is 0.305. The van der Waals surface area contributed by atoms with Crippen LogP contribution in [-0.2, 0) is 11.2 Å². The molecule has 2 aromatic rings. The van der Waals surface area contributed by atoms with Crippen molar-refractivity contribution in [1.82, 2.24) is 0 Å². The summed E-state index contributed by atoms with van der Waals surface area (Å²) in [5.41, 5.74) is 3.62. The summed E-state index contributed by atoms with van der Waals surface area (Å²) >= 11 is 0. The molecule has 0 N–H and O–H groups in total. The number of halogens is 3. The lowest BCUT2D eigenvalue weighted by atomic mass is 9.76. The molecule has 2 atom stereocenters. The van der Waals surface area contributed by atoms with E-state index in [9.17, 15) is 13.2 Å². The van der Waals surface area contributed by atoms with Crippen molar-refractivity contribution in [3.8, 4) is 0 Å². The number of rotatable bonds is 7. The number of ether oxygens (including phenoxy) is 1. The molecule has 5 rings (SSSR count). The fourth-order valence-electron chi connectivity index (χ4n) is 5.97. The molecule has 0 radical (unpaired) electrons. The first kappa shape index (κ1) is 23.7. The van der Waals surface area contributed by atoms with Crippen LogP contribution in [0.2, 0.25) is 0 Å². The van der Waals surface area contributed by atoms with Gasteiger partial charge in [0, 0.05) is 5.56 Å². The van der Waals surface area contributed by atoms with Gasteiger partial charge in [-0.2, -0.15) is 0 Å². The van der Waals surface area contributed by atoms with Crippen molar-refractivity contribution >= 4 is 5.57 Å². The van der Waals surface area contributed by atoms with Gasteiger partial charge in [-0.1, -0.05) is 43.7 Å². The van der Waals surface area contributed by atoms with E-state index in [0.717, 1.165) is 74.5 Å². The second-order valence-corrected chi connectivity index (χ2v) is 10.5. The van der Waals surface area contributed by atoms with Crippen LogP contribution in [0, 0.1) is 29.3 Å². The van der Waals surface area contributed by atoms with Gasteiger partial charge in [0.25, 0.3) is 0 Å². The van der Waals surface area contributed by atoms with Crippen LogP contribution in [0.4, 0.5) is 13.2 Å². The Kier molecular flexibility index (Phi) is 7.15. The van der Waals surface area contributed by atoms with Crippen LogP contribution in [-0.4, -0.2) is 6.61 Å². The lowest BCUT2D eigenvalue weighted by Crippen LogP contribution is -2.15. The first-order valence-electron chi connectivity index (χ1n) is 13.1. The Hall–Kier alpha value is -2.07. The Labute approximate surface area is 201 Å². The van der Waals surface area contributed by atoms with Gasteiger partial charge < -0.3 is 4.74 Å². The highest BCUT2D eigenvalue weighted by Crippen LogP contribution is 2.40. The van der Waals surface area contributed by atoms with Gasteiger partial charge in [-0.15, -0.1) is 0 Å². The molecular formula is C30H35F3O. The maximum Gasteiger partial charge on any atom is 0.166 e. The molecule has 1 nitrogen and oxygen atoms in total. The van der Waals surface area contributed by atoms with E-state index in [4.69, 9.17) is 4.74 Å². The number of hydrogen-bond donors (Lipinski definition) is 0. The number of hydrogen-bond acceptors (Lipinski definition) is 1. The smallest absolute Gasteiger partial charge is 0.166 e. The minimum absolute atomic E-state index is 0.0754. The highest BCUT2D eigenvalue weighted by Gasteiger charge is 2.28. The van der Waals surface area contributed by atoms with Crippen LogP contribution < -0.4 is 0 Å². The number of epoxide rings is 1. The van der Waals surface area contributed by atoms with E-state index in [0.29, 0.717) is 36.0 Å². The SMILES string of the molecule is CCC1CC=C(c2ccc(CCC3CCC(c4ccc(C5CO5)cc4F)CC3)c(F)c2F)CC1. The minimum atomic E-state index is -0.682. The van der Waals surface area contributed by atoms with Gasteiger partial charge in [0.15, 0.2) is 11.6 Å². The third-order valence-corrected chi connectivity index (χ3v) is 8.44. The van der Waals surface area contributed by atoms with Gasteiger partial charge in [-0.25, -0.2) is 13.2 Å². The van der Waals surface area contributed by atoms with Crippen LogP contribution in [0.25, 0.3) is 5.57 Å². The molecule has 0 spiro atoms. The van der Waals surface area contributed by atoms with Crippen molar-refractivity contribution in [2.45, 2.75) is 83.2 Å². The third-order valence-electron chi connectivity index (χ3n) is 8.44. The molecule has 0 bridgehead atoms. The van der Waals surface area contributed by atoms with E-state index in [1.165, 1.54) is 0 Å². The third kappa shape index (κ3) is 5.12. The molecule has 2 aliphatic carbocycles. The predicted molar refractivity (Wildman–Crippen MR) is 130 cm³/mol. The second-order valence-electron chi connectivity index (χ2n) is 10.5. The van der Waals surface area contributed by atoms with E-state index >= 15 is 0 Å². The largest absolute Gasteiger partial charge is 0.368 e. The second kappa shape index (κ2) is 10.3. The Bertz CT molecular complexity index is 1050. The summed E-state index contributed by atoms with van der Waals surface area (Å²) in [7, 11) is 0. The van der Waals surface area contributed by atoms with Gasteiger partial charge in [0.2, 0.25) is 0 Å². The summed E-state index contributed by atoms with van der Waals surface area (Å²) in [4.78, 5) is 0. The molecule has 2 aromatic carbocycles. The summed E-state index contributed by atoms with van der Waals surface area (Å²) < 4.78 is 49.7. The number of allylic oxidation sites excluding steroid dienone is 2. The van der Waals surface area contributed by atoms with Crippen LogP contribution in [0.3, 0.4) is 0 Å². The monoisotopic (exact) mass is 468 g/mol. The van der Waals surface area contributed by atoms with E-state index in [-0.39, 0.29) is 17.8 Å². The number of aryl methyl sites for hydroxylation is 1. The lowest BCUT2D eigenvalue weighted by Gasteiger charge is -2.29. The summed E-state index contributed by atoms with van der Waals surface area (Å²) in [6, 6.07) is 9.12. The van der Waals surface area contributed by atoms with Crippen LogP contribution in [0.15, 0.2) is 36.4 Å². The van der Waals surface area contributed by atoms with Crippen molar-refractivity contribution in [3.05, 3.63) is 76.1 Å². The van der Waals surface area contributed by atoms with Crippen LogP contribution in [0.1, 0.15) is 99.0 Å². The Morgan fingerprint density at radius 3 is 2.35 bits per heavy atom. The highest BCUT2D eigenvalue weighted by molar-refractivity contribution is 5.67. The van der Waals surface area contributed by atoms with E-state index in [1.54, 1.807) is 18.2 Å². The standard InChI is InChI=1S/C30H35F3O/c1-2-19-3-8-22(9-4-19)26-16-13-23(29(32)30(26)33)12-7-20-5-10-21(11-6-20)25-15-14-24(17-27(25)31)28-18-34-28/h8,13-17,19-21,28H,2-7,9-12,18H2,1H3. The molecule has 1 saturated heterocycles. The molecule has 1 saturated carbocycles. The average Bonchev–Trinajstić information content (AvgIpc) is 3.71. The quantitative estimate of drug-likeness (QED) is 0.370. The summed E-state index contributed by atoms with van der Waals surface area (Å²) in [5, 5.41) is 0. The first-order chi connectivity index (χ1) is 16.5. The van der Waals surface area contributed by atoms with E-state index in [2.05, 4.69) is 13.0 Å². The molecule has 2 fully saturated rings. The normalized spacial score (nSPS) is 26.9. The Morgan fingerprint density at radius 1 is 0.912 bits per heavy atom. The highest BCUT2D eigenvalue weighted by atomic mass is 19.2. The average molecular weight is 469 g/mol. The molecule has 1 heterocycles. The van der Waals surface area contributed by atoms with Crippen molar-refractivity contribution in [1.29, 1.82) is 0 Å². The van der Waals surface area contributed by atoms with E-state index < -0.39 is 11.6 Å². The topological polar surface area (TPSA) is 12.5 Å². The van der Waals surface area contributed by atoms with Gasteiger partial charge in [-0.05, 0) is 104 Å². The summed E-state index contributed by atoms with van der Waals surface area (Å²) in [5.74, 6) is -0.0846. The van der Waals surface area contributed by atoms with Crippen molar-refractivity contribution < 1.29 is 17.9 Å². The molecule has 1 aliphatic heterocycles. The Balaban J connectivity index is 1.16. The molecule has 182 valence electrons. The summed E-state index contributed by atoms with van der Waals surface area (Å²) in [6.45, 7) is 2.87. The van der Waals surface area contributed by atoms with Crippen molar-refractivity contribution in [2.75, 3.05) is 6.61 Å². The number of benzene rings is 2. The van der Waals surface area contributed by atoms with Crippen LogP contribution >= 0.6 is 0 Å². The molecular weight excluding hydrogens is 433 g/mol. The molecule has 2 unspecified atom stereocenters. The van der Waals surface area contributed by atoms with Gasteiger partial charge in [-0.3, -0.25) is 0 Å². The molecule has 34 heavy (non-hydrogen) atoms. The zero-order valence-corrected chi connectivity index (χ0v) is 20.1. The van der Waals surface area contributed by atoms with Crippen molar-refractivity contribution in [3.63, 3.8) is 0 Å². The molecule has 0 amide bonds. The summed E-state index contributed by atoms with van der Waals surface area (Å²) in [6.07, 6.45) is 11.5. The van der Waals surface area contributed by atoms with E-state index in [1.807, 2.05) is 12.1 Å². The first-order valence-corrected chi connectivity index (χ1v) is 13.1. The zero-order chi connectivity index (χ0) is 23.7. The van der Waals surface area contributed by atoms with Gasteiger partial charge in [0.05, 0.1) is 6.61 Å².